The van der Waals surface area contributed by atoms with Crippen LogP contribution in [-0.2, 0) is 4.74 Å². The molecule has 22 heavy (non-hydrogen) atoms. The molecule has 3 aromatic rings. The van der Waals surface area contributed by atoms with E-state index in [1.165, 1.54) is 0 Å². The third-order valence-corrected chi connectivity index (χ3v) is 3.70. The van der Waals surface area contributed by atoms with E-state index in [1.54, 1.807) is 12.4 Å². The lowest BCUT2D eigenvalue weighted by Gasteiger charge is -2.27. The molecule has 1 saturated heterocycles. The number of imidazole rings is 1. The Morgan fingerprint density at radius 2 is 1.86 bits per heavy atom. The molecule has 4 heterocycles. The number of fused-ring (bicyclic) bond motifs is 1. The SMILES string of the molecule is Cc1nc(N2CCOCC2)c2nc(-c3ccncc3)[nH]c2n1. The van der Waals surface area contributed by atoms with Crippen molar-refractivity contribution in [1.82, 2.24) is 24.9 Å². The quantitative estimate of drug-likeness (QED) is 0.773. The van der Waals surface area contributed by atoms with Gasteiger partial charge < -0.3 is 14.6 Å². The average Bonchev–Trinajstić information content (AvgIpc) is 2.99. The Kier molecular flexibility index (Phi) is 3.19. The third kappa shape index (κ3) is 2.29. The van der Waals surface area contributed by atoms with Gasteiger partial charge in [-0.2, -0.15) is 0 Å². The molecule has 0 saturated carbocycles. The van der Waals surface area contributed by atoms with E-state index in [2.05, 4.69) is 24.8 Å². The lowest BCUT2D eigenvalue weighted by atomic mass is 10.2. The normalized spacial score (nSPS) is 15.4. The molecule has 3 aromatic heterocycles. The summed E-state index contributed by atoms with van der Waals surface area (Å²) < 4.78 is 5.42. The maximum Gasteiger partial charge on any atom is 0.163 e. The van der Waals surface area contributed by atoms with E-state index in [4.69, 9.17) is 9.72 Å². The zero-order chi connectivity index (χ0) is 14.9. The highest BCUT2D eigenvalue weighted by atomic mass is 16.5. The van der Waals surface area contributed by atoms with Crippen LogP contribution >= 0.6 is 0 Å². The first-order chi connectivity index (χ1) is 10.8. The Bertz CT molecular complexity index is 794. The average molecular weight is 296 g/mol. The number of aromatic nitrogens is 5. The van der Waals surface area contributed by atoms with Gasteiger partial charge in [-0.25, -0.2) is 15.0 Å². The fourth-order valence-corrected chi connectivity index (χ4v) is 2.64. The molecule has 0 bridgehead atoms. The molecule has 7 heteroatoms. The van der Waals surface area contributed by atoms with Crippen molar-refractivity contribution >= 4 is 17.0 Å². The number of anilines is 1. The van der Waals surface area contributed by atoms with Gasteiger partial charge in [0.05, 0.1) is 13.2 Å². The summed E-state index contributed by atoms with van der Waals surface area (Å²) in [4.78, 5) is 23.3. The van der Waals surface area contributed by atoms with Crippen molar-refractivity contribution in [3.8, 4) is 11.4 Å². The van der Waals surface area contributed by atoms with Crippen LogP contribution in [0.5, 0.6) is 0 Å². The molecule has 1 aliphatic rings. The van der Waals surface area contributed by atoms with Gasteiger partial charge in [-0.05, 0) is 19.1 Å². The topological polar surface area (TPSA) is 79.8 Å². The zero-order valence-electron chi connectivity index (χ0n) is 12.3. The van der Waals surface area contributed by atoms with Crippen LogP contribution in [-0.4, -0.2) is 51.2 Å². The van der Waals surface area contributed by atoms with Crippen LogP contribution in [0, 0.1) is 6.92 Å². The summed E-state index contributed by atoms with van der Waals surface area (Å²) in [5.74, 6) is 2.40. The van der Waals surface area contributed by atoms with Crippen molar-refractivity contribution in [3.05, 3.63) is 30.4 Å². The van der Waals surface area contributed by atoms with Crippen molar-refractivity contribution < 1.29 is 4.74 Å². The van der Waals surface area contributed by atoms with E-state index in [0.717, 1.165) is 47.3 Å². The highest BCUT2D eigenvalue weighted by Crippen LogP contribution is 2.26. The van der Waals surface area contributed by atoms with Gasteiger partial charge in [0.25, 0.3) is 0 Å². The molecule has 0 atom stereocenters. The summed E-state index contributed by atoms with van der Waals surface area (Å²) in [5.41, 5.74) is 2.55. The van der Waals surface area contributed by atoms with Gasteiger partial charge in [-0.1, -0.05) is 0 Å². The van der Waals surface area contributed by atoms with E-state index in [0.29, 0.717) is 13.2 Å². The van der Waals surface area contributed by atoms with E-state index in [-0.39, 0.29) is 0 Å². The maximum absolute atomic E-state index is 5.42. The Hall–Kier alpha value is -2.54. The second-order valence-electron chi connectivity index (χ2n) is 5.21. The van der Waals surface area contributed by atoms with Crippen molar-refractivity contribution in [1.29, 1.82) is 0 Å². The number of aryl methyl sites for hydroxylation is 1. The first kappa shape index (κ1) is 13.1. The fraction of sp³-hybridized carbons (Fsp3) is 0.333. The van der Waals surface area contributed by atoms with Crippen molar-refractivity contribution in [2.24, 2.45) is 0 Å². The van der Waals surface area contributed by atoms with Gasteiger partial charge in [0.15, 0.2) is 17.0 Å². The highest BCUT2D eigenvalue weighted by Gasteiger charge is 2.19. The van der Waals surface area contributed by atoms with Crippen LogP contribution in [0.25, 0.3) is 22.6 Å². The van der Waals surface area contributed by atoms with Crippen molar-refractivity contribution in [2.45, 2.75) is 6.92 Å². The van der Waals surface area contributed by atoms with Crippen molar-refractivity contribution in [2.75, 3.05) is 31.2 Å². The number of H-pyrrole nitrogens is 1. The molecular weight excluding hydrogens is 280 g/mol. The monoisotopic (exact) mass is 296 g/mol. The minimum Gasteiger partial charge on any atom is -0.378 e. The van der Waals surface area contributed by atoms with Gasteiger partial charge in [-0.15, -0.1) is 0 Å². The van der Waals surface area contributed by atoms with Crippen LogP contribution in [0.15, 0.2) is 24.5 Å². The maximum atomic E-state index is 5.42. The first-order valence-corrected chi connectivity index (χ1v) is 7.29. The number of pyridine rings is 1. The van der Waals surface area contributed by atoms with Gasteiger partial charge >= 0.3 is 0 Å². The molecule has 7 nitrogen and oxygen atoms in total. The summed E-state index contributed by atoms with van der Waals surface area (Å²) >= 11 is 0. The van der Waals surface area contributed by atoms with E-state index >= 15 is 0 Å². The van der Waals surface area contributed by atoms with Gasteiger partial charge in [-0.3, -0.25) is 4.98 Å². The second-order valence-corrected chi connectivity index (χ2v) is 5.21. The number of hydrogen-bond donors (Lipinski definition) is 1. The molecule has 1 fully saturated rings. The summed E-state index contributed by atoms with van der Waals surface area (Å²) in [6, 6.07) is 3.85. The molecule has 1 N–H and O–H groups in total. The van der Waals surface area contributed by atoms with Crippen molar-refractivity contribution in [3.63, 3.8) is 0 Å². The zero-order valence-corrected chi connectivity index (χ0v) is 12.3. The van der Waals surface area contributed by atoms with Crippen LogP contribution in [0.1, 0.15) is 5.82 Å². The molecule has 1 aliphatic heterocycles. The Labute approximate surface area is 127 Å². The van der Waals surface area contributed by atoms with E-state index in [9.17, 15) is 0 Å². The summed E-state index contributed by atoms with van der Waals surface area (Å²) in [5, 5.41) is 0. The van der Waals surface area contributed by atoms with Crippen LogP contribution in [0.3, 0.4) is 0 Å². The molecule has 0 aliphatic carbocycles. The molecule has 0 aromatic carbocycles. The second kappa shape index (κ2) is 5.34. The van der Waals surface area contributed by atoms with E-state index in [1.807, 2.05) is 19.1 Å². The molecule has 4 rings (SSSR count). The molecule has 0 spiro atoms. The van der Waals surface area contributed by atoms with Crippen LogP contribution in [0.2, 0.25) is 0 Å². The largest absolute Gasteiger partial charge is 0.378 e. The molecule has 0 radical (unpaired) electrons. The first-order valence-electron chi connectivity index (χ1n) is 7.29. The lowest BCUT2D eigenvalue weighted by Crippen LogP contribution is -2.37. The number of nitrogens with zero attached hydrogens (tertiary/aromatic N) is 5. The van der Waals surface area contributed by atoms with Gasteiger partial charge in [0.2, 0.25) is 0 Å². The predicted molar refractivity (Wildman–Crippen MR) is 82.7 cm³/mol. The van der Waals surface area contributed by atoms with E-state index < -0.39 is 0 Å². The fourth-order valence-electron chi connectivity index (χ4n) is 2.64. The molecule has 112 valence electrons. The van der Waals surface area contributed by atoms with Gasteiger partial charge in [0.1, 0.15) is 11.6 Å². The summed E-state index contributed by atoms with van der Waals surface area (Å²) in [6.45, 7) is 4.97. The van der Waals surface area contributed by atoms with Crippen LogP contribution < -0.4 is 4.90 Å². The molecule has 0 amide bonds. The third-order valence-electron chi connectivity index (χ3n) is 3.70. The Morgan fingerprint density at radius 1 is 1.09 bits per heavy atom. The number of ether oxygens (including phenoxy) is 1. The lowest BCUT2D eigenvalue weighted by molar-refractivity contribution is 0.122. The van der Waals surface area contributed by atoms with Crippen LogP contribution in [0.4, 0.5) is 5.82 Å². The number of rotatable bonds is 2. The minimum atomic E-state index is 0.714. The summed E-state index contributed by atoms with van der Waals surface area (Å²) in [6.07, 6.45) is 3.50. The Morgan fingerprint density at radius 3 is 2.64 bits per heavy atom. The number of aromatic amines is 1. The predicted octanol–water partition coefficient (Wildman–Crippen LogP) is 1.56. The molecule has 0 unspecified atom stereocenters. The minimum absolute atomic E-state index is 0.714. The molecular formula is C15H16N6O. The summed E-state index contributed by atoms with van der Waals surface area (Å²) in [7, 11) is 0. The highest BCUT2D eigenvalue weighted by molar-refractivity contribution is 5.86. The number of nitrogens with one attached hydrogen (secondary N) is 1. The number of hydrogen-bond acceptors (Lipinski definition) is 6. The number of morpholine rings is 1. The smallest absolute Gasteiger partial charge is 0.163 e. The van der Waals surface area contributed by atoms with Gasteiger partial charge in [0, 0.05) is 31.0 Å². The Balaban J connectivity index is 1.84. The standard InChI is InChI=1S/C15H16N6O/c1-10-17-14-12(15(18-10)21-6-8-22-9-7-21)19-13(20-14)11-2-4-16-5-3-11/h2-5H,6-9H2,1H3,(H,17,18,19,20).